The Labute approximate surface area is 174 Å². The highest BCUT2D eigenvalue weighted by molar-refractivity contribution is 6.46. The van der Waals surface area contributed by atoms with Crippen LogP contribution in [0.15, 0.2) is 54.1 Å². The van der Waals surface area contributed by atoms with Crippen molar-refractivity contribution < 1.29 is 19.4 Å². The molecule has 0 unspecified atom stereocenters. The average Bonchev–Trinajstić information content (AvgIpc) is 3.31. The number of aliphatic hydroxyl groups is 1. The minimum Gasteiger partial charge on any atom is -0.507 e. The summed E-state index contributed by atoms with van der Waals surface area (Å²) in [4.78, 5) is 27.4. The molecule has 2 atom stereocenters. The molecule has 1 N–H and O–H groups in total. The maximum absolute atomic E-state index is 12.9. The quantitative estimate of drug-likeness (QED) is 0.464. The zero-order valence-electron chi connectivity index (χ0n) is 16.1. The first kappa shape index (κ1) is 19.7. The summed E-state index contributed by atoms with van der Waals surface area (Å²) in [6.45, 7) is 2.91. The smallest absolute Gasteiger partial charge is 0.295 e. The highest BCUT2D eigenvalue weighted by atomic mass is 35.5. The van der Waals surface area contributed by atoms with E-state index in [-0.39, 0.29) is 17.4 Å². The van der Waals surface area contributed by atoms with Gasteiger partial charge in [-0.15, -0.1) is 0 Å². The summed E-state index contributed by atoms with van der Waals surface area (Å²) < 4.78 is 5.69. The maximum Gasteiger partial charge on any atom is 0.295 e. The molecule has 150 valence electrons. The lowest BCUT2D eigenvalue weighted by Gasteiger charge is -2.27. The number of benzene rings is 2. The lowest BCUT2D eigenvalue weighted by atomic mass is 9.95. The summed E-state index contributed by atoms with van der Waals surface area (Å²) in [6.07, 6.45) is 1.67. The number of halogens is 1. The molecule has 5 nitrogen and oxygen atoms in total. The van der Waals surface area contributed by atoms with Gasteiger partial charge < -0.3 is 14.7 Å². The number of aryl methyl sites for hydroxylation is 1. The number of hydrogen-bond donors (Lipinski definition) is 1. The van der Waals surface area contributed by atoms with Crippen molar-refractivity contribution >= 4 is 29.1 Å². The summed E-state index contributed by atoms with van der Waals surface area (Å²) in [5.74, 6) is -1.46. The van der Waals surface area contributed by atoms with Gasteiger partial charge in [0.25, 0.3) is 11.7 Å². The molecule has 0 aliphatic carbocycles. The molecule has 0 saturated carbocycles. The van der Waals surface area contributed by atoms with Crippen LogP contribution in [-0.4, -0.2) is 41.0 Å². The molecule has 0 radical (unpaired) electrons. The standard InChI is InChI=1S/C23H22ClNO4/c1-14-4-6-16(7-5-14)21(26)19-20(15-8-10-17(24)11-9-15)25(23(28)22(19)27)13-18-3-2-12-29-18/h4-11,18,20,26H,2-3,12-13H2,1H3/t18-,20+/m0/s1. The van der Waals surface area contributed by atoms with Gasteiger partial charge in [0.05, 0.1) is 17.7 Å². The van der Waals surface area contributed by atoms with Crippen LogP contribution in [0.1, 0.15) is 35.6 Å². The van der Waals surface area contributed by atoms with Gasteiger partial charge in [0, 0.05) is 23.7 Å². The van der Waals surface area contributed by atoms with E-state index in [1.807, 2.05) is 19.1 Å². The van der Waals surface area contributed by atoms with E-state index in [4.69, 9.17) is 16.3 Å². The van der Waals surface area contributed by atoms with E-state index in [1.54, 1.807) is 36.4 Å². The molecule has 29 heavy (non-hydrogen) atoms. The fraction of sp³-hybridized carbons (Fsp3) is 0.304. The molecule has 0 bridgehead atoms. The molecule has 2 fully saturated rings. The molecule has 2 aromatic rings. The van der Waals surface area contributed by atoms with Crippen molar-refractivity contribution in [1.29, 1.82) is 0 Å². The summed E-state index contributed by atoms with van der Waals surface area (Å²) in [6, 6.07) is 13.5. The Kier molecular flexibility index (Phi) is 5.43. The monoisotopic (exact) mass is 411 g/mol. The lowest BCUT2D eigenvalue weighted by molar-refractivity contribution is -0.140. The van der Waals surface area contributed by atoms with Gasteiger partial charge in [-0.25, -0.2) is 0 Å². The van der Waals surface area contributed by atoms with Crippen molar-refractivity contribution in [2.75, 3.05) is 13.2 Å². The van der Waals surface area contributed by atoms with Crippen LogP contribution in [0.25, 0.3) is 5.76 Å². The Morgan fingerprint density at radius 1 is 1.14 bits per heavy atom. The summed E-state index contributed by atoms with van der Waals surface area (Å²) in [5.41, 5.74) is 2.36. The Balaban J connectivity index is 1.81. The highest BCUT2D eigenvalue weighted by Gasteiger charge is 2.47. The fourth-order valence-corrected chi connectivity index (χ4v) is 4.06. The van der Waals surface area contributed by atoms with Gasteiger partial charge in [-0.1, -0.05) is 53.6 Å². The molecule has 1 amide bonds. The van der Waals surface area contributed by atoms with Gasteiger partial charge in [-0.3, -0.25) is 9.59 Å². The number of hydrogen-bond acceptors (Lipinski definition) is 4. The molecular formula is C23H22ClNO4. The van der Waals surface area contributed by atoms with E-state index in [0.717, 1.165) is 24.0 Å². The Bertz CT molecular complexity index is 959. The SMILES string of the molecule is Cc1ccc(C(O)=C2C(=O)C(=O)N(C[C@@H]3CCCO3)[C@@H]2c2ccc(Cl)cc2)cc1. The van der Waals surface area contributed by atoms with Crippen molar-refractivity contribution in [1.82, 2.24) is 4.90 Å². The van der Waals surface area contributed by atoms with Gasteiger partial charge in [0.15, 0.2) is 0 Å². The van der Waals surface area contributed by atoms with Gasteiger partial charge in [0.1, 0.15) is 5.76 Å². The molecule has 2 saturated heterocycles. The van der Waals surface area contributed by atoms with Gasteiger partial charge in [-0.05, 0) is 37.5 Å². The number of likely N-dealkylation sites (tertiary alicyclic amines) is 1. The summed E-state index contributed by atoms with van der Waals surface area (Å²) in [5, 5.41) is 11.5. The third kappa shape index (κ3) is 3.80. The molecule has 2 aromatic carbocycles. The highest BCUT2D eigenvalue weighted by Crippen LogP contribution is 2.40. The van der Waals surface area contributed by atoms with Crippen LogP contribution in [0.4, 0.5) is 0 Å². The van der Waals surface area contributed by atoms with Crippen molar-refractivity contribution in [3.63, 3.8) is 0 Å². The Morgan fingerprint density at radius 3 is 2.45 bits per heavy atom. The zero-order chi connectivity index (χ0) is 20.5. The number of Topliss-reactive ketones (excluding diaryl/α,β-unsaturated/α-hetero) is 1. The van der Waals surface area contributed by atoms with Crippen molar-refractivity contribution in [3.8, 4) is 0 Å². The van der Waals surface area contributed by atoms with Crippen LogP contribution >= 0.6 is 11.6 Å². The molecule has 0 spiro atoms. The van der Waals surface area contributed by atoms with Gasteiger partial charge in [-0.2, -0.15) is 0 Å². The minimum atomic E-state index is -0.683. The molecular weight excluding hydrogens is 390 g/mol. The first-order valence-corrected chi connectivity index (χ1v) is 10.1. The van der Waals surface area contributed by atoms with Crippen LogP contribution < -0.4 is 0 Å². The third-order valence-corrected chi connectivity index (χ3v) is 5.73. The summed E-state index contributed by atoms with van der Waals surface area (Å²) >= 11 is 6.03. The van der Waals surface area contributed by atoms with Crippen molar-refractivity contribution in [3.05, 3.63) is 75.8 Å². The molecule has 4 rings (SSSR count). The predicted octanol–water partition coefficient (Wildman–Crippen LogP) is 4.25. The van der Waals surface area contributed by atoms with E-state index < -0.39 is 17.7 Å². The number of aliphatic hydroxyl groups excluding tert-OH is 1. The van der Waals surface area contributed by atoms with Gasteiger partial charge in [0.2, 0.25) is 0 Å². The number of carbonyl (C=O) groups excluding carboxylic acids is 2. The number of ether oxygens (including phenoxy) is 1. The predicted molar refractivity (Wildman–Crippen MR) is 111 cm³/mol. The van der Waals surface area contributed by atoms with E-state index in [2.05, 4.69) is 0 Å². The normalized spacial score (nSPS) is 23.7. The van der Waals surface area contributed by atoms with E-state index >= 15 is 0 Å². The Morgan fingerprint density at radius 2 is 1.83 bits per heavy atom. The molecule has 2 aliphatic heterocycles. The van der Waals surface area contributed by atoms with E-state index in [1.165, 1.54) is 4.90 Å². The summed E-state index contributed by atoms with van der Waals surface area (Å²) in [7, 11) is 0. The lowest BCUT2D eigenvalue weighted by Crippen LogP contribution is -2.36. The maximum atomic E-state index is 12.9. The second-order valence-electron chi connectivity index (χ2n) is 7.50. The molecule has 6 heteroatoms. The van der Waals surface area contributed by atoms with Crippen molar-refractivity contribution in [2.24, 2.45) is 0 Å². The third-order valence-electron chi connectivity index (χ3n) is 5.48. The molecule has 2 aliphatic rings. The van der Waals surface area contributed by atoms with E-state index in [9.17, 15) is 14.7 Å². The second kappa shape index (κ2) is 8.01. The van der Waals surface area contributed by atoms with Gasteiger partial charge >= 0.3 is 0 Å². The average molecular weight is 412 g/mol. The first-order valence-electron chi connectivity index (χ1n) is 9.68. The van der Waals surface area contributed by atoms with Crippen LogP contribution in [0, 0.1) is 6.92 Å². The minimum absolute atomic E-state index is 0.0965. The zero-order valence-corrected chi connectivity index (χ0v) is 16.9. The number of ketones is 1. The number of amides is 1. The topological polar surface area (TPSA) is 66.8 Å². The Hall–Kier alpha value is -2.63. The molecule has 0 aromatic heterocycles. The fourth-order valence-electron chi connectivity index (χ4n) is 3.93. The molecule has 2 heterocycles. The van der Waals surface area contributed by atoms with Crippen LogP contribution in [-0.2, 0) is 14.3 Å². The number of carbonyl (C=O) groups is 2. The first-order chi connectivity index (χ1) is 14.0. The van der Waals surface area contributed by atoms with Crippen LogP contribution in [0.3, 0.4) is 0 Å². The number of rotatable bonds is 4. The second-order valence-corrected chi connectivity index (χ2v) is 7.94. The largest absolute Gasteiger partial charge is 0.507 e. The number of nitrogens with zero attached hydrogens (tertiary/aromatic N) is 1. The van der Waals surface area contributed by atoms with Crippen molar-refractivity contribution in [2.45, 2.75) is 31.9 Å². The van der Waals surface area contributed by atoms with E-state index in [0.29, 0.717) is 23.7 Å². The van der Waals surface area contributed by atoms with Crippen LogP contribution in [0.5, 0.6) is 0 Å². The van der Waals surface area contributed by atoms with Crippen LogP contribution in [0.2, 0.25) is 5.02 Å².